The Morgan fingerprint density at radius 3 is 2.06 bits per heavy atom. The van der Waals surface area contributed by atoms with Gasteiger partial charge in [0.1, 0.15) is 11.6 Å². The number of likely N-dealkylation sites (N-methyl/N-ethyl adjacent to an activating group) is 1. The number of carbonyl (C=O) groups is 2. The second kappa shape index (κ2) is 19.6. The Morgan fingerprint density at radius 2 is 1.47 bits per heavy atom. The number of aromatic nitrogens is 4. The van der Waals surface area contributed by atoms with Crippen molar-refractivity contribution >= 4 is 46.0 Å². The van der Waals surface area contributed by atoms with Crippen molar-refractivity contribution in [2.24, 2.45) is 0 Å². The predicted octanol–water partition coefficient (Wildman–Crippen LogP) is 5.33. The van der Waals surface area contributed by atoms with E-state index in [4.69, 9.17) is 20.4 Å². The molecule has 12 heteroatoms. The van der Waals surface area contributed by atoms with Crippen LogP contribution in [0.2, 0.25) is 0 Å². The highest BCUT2D eigenvalue weighted by atomic mass is 16.5. The molecule has 1 saturated heterocycles. The first kappa shape index (κ1) is 37.5. The van der Waals surface area contributed by atoms with E-state index < -0.39 is 11.8 Å². The molecule has 1 atom stereocenters. The molecule has 1 fully saturated rings. The third-order valence-electron chi connectivity index (χ3n) is 8.63. The minimum Gasteiger partial charge on any atom is -0.327 e. The van der Waals surface area contributed by atoms with Gasteiger partial charge in [-0.05, 0) is 79.9 Å². The van der Waals surface area contributed by atoms with Crippen molar-refractivity contribution in [2.75, 3.05) is 26.2 Å². The van der Waals surface area contributed by atoms with E-state index in [1.807, 2.05) is 30.3 Å². The van der Waals surface area contributed by atoms with E-state index in [-0.39, 0.29) is 0 Å². The lowest BCUT2D eigenvalue weighted by atomic mass is 10.1. The van der Waals surface area contributed by atoms with E-state index in [9.17, 15) is 9.59 Å². The Labute approximate surface area is 288 Å². The van der Waals surface area contributed by atoms with Gasteiger partial charge in [0, 0.05) is 50.7 Å². The number of nitrogens with zero attached hydrogens (tertiary/aromatic N) is 4. The van der Waals surface area contributed by atoms with Crippen LogP contribution in [0, 0.1) is 0 Å². The zero-order chi connectivity index (χ0) is 35.0. The summed E-state index contributed by atoms with van der Waals surface area (Å²) in [6.07, 6.45) is 14.9. The molecule has 1 unspecified atom stereocenters. The normalized spacial score (nSPS) is 14.6. The van der Waals surface area contributed by atoms with Gasteiger partial charge in [-0.1, -0.05) is 52.2 Å². The summed E-state index contributed by atoms with van der Waals surface area (Å²) >= 11 is 0. The van der Waals surface area contributed by atoms with Crippen LogP contribution in [-0.2, 0) is 29.0 Å². The van der Waals surface area contributed by atoms with Gasteiger partial charge in [-0.15, -0.1) is 0 Å². The third-order valence-corrected chi connectivity index (χ3v) is 8.63. The number of benzene rings is 2. The summed E-state index contributed by atoms with van der Waals surface area (Å²) in [4.78, 5) is 31.9. The number of rotatable bonds is 16. The number of amides is 2. The number of carbonyl (C=O) groups excluding carboxylic acids is 2. The van der Waals surface area contributed by atoms with Crippen molar-refractivity contribution in [3.8, 4) is 0 Å². The second-order valence-electron chi connectivity index (χ2n) is 12.3. The van der Waals surface area contributed by atoms with E-state index in [0.29, 0.717) is 6.04 Å². The highest BCUT2D eigenvalue weighted by Gasteiger charge is 2.22. The highest BCUT2D eigenvalue weighted by molar-refractivity contribution is 5.92. The summed E-state index contributed by atoms with van der Waals surface area (Å²) in [5.41, 5.74) is 9.12. The van der Waals surface area contributed by atoms with Crippen LogP contribution in [-0.4, -0.2) is 67.5 Å². The fraction of sp³-hybridized carbons (Fsp3) is 0.459. The Morgan fingerprint density at radius 1 is 0.857 bits per heavy atom. The number of aryl methyl sites for hydroxylation is 2. The van der Waals surface area contributed by atoms with Crippen molar-refractivity contribution in [1.82, 2.24) is 40.7 Å². The molecule has 2 aromatic heterocycles. The van der Waals surface area contributed by atoms with Crippen LogP contribution in [0.3, 0.4) is 0 Å². The molecule has 0 bridgehead atoms. The lowest BCUT2D eigenvalue weighted by Crippen LogP contribution is -2.20. The van der Waals surface area contributed by atoms with E-state index in [1.165, 1.54) is 25.0 Å². The Balaban J connectivity index is 0.000000221. The number of unbranched alkanes of at least 4 members (excludes halogenated alkanes) is 3. The topological polar surface area (TPSA) is 158 Å². The maximum Gasteiger partial charge on any atom is 0.267 e. The lowest BCUT2D eigenvalue weighted by Gasteiger charge is -2.15. The maximum absolute atomic E-state index is 11.1. The molecule has 49 heavy (non-hydrogen) atoms. The molecule has 0 aliphatic carbocycles. The summed E-state index contributed by atoms with van der Waals surface area (Å²) in [7, 11) is 0. The van der Waals surface area contributed by atoms with Gasteiger partial charge in [0.2, 0.25) is 0 Å². The third kappa shape index (κ3) is 10.6. The SMILES string of the molecule is CCCCCc1nc2cc(/C=C/C(=O)NO)ccc2n1CCNCC.CCCCc1nc2cc(/C=C/C(=O)NO)ccc2n1C1CCNC1. The summed E-state index contributed by atoms with van der Waals surface area (Å²) in [5, 5.41) is 23.9. The van der Waals surface area contributed by atoms with Crippen molar-refractivity contribution < 1.29 is 20.0 Å². The molecule has 5 rings (SSSR count). The van der Waals surface area contributed by atoms with E-state index in [2.05, 4.69) is 46.6 Å². The first-order chi connectivity index (χ1) is 23.9. The van der Waals surface area contributed by atoms with Crippen LogP contribution in [0.4, 0.5) is 0 Å². The van der Waals surface area contributed by atoms with E-state index >= 15 is 0 Å². The molecule has 1 aliphatic rings. The number of hydroxylamine groups is 2. The van der Waals surface area contributed by atoms with Gasteiger partial charge in [-0.25, -0.2) is 20.9 Å². The van der Waals surface area contributed by atoms with Gasteiger partial charge in [0.25, 0.3) is 11.8 Å². The highest BCUT2D eigenvalue weighted by Crippen LogP contribution is 2.27. The molecule has 0 radical (unpaired) electrons. The first-order valence-electron chi connectivity index (χ1n) is 17.6. The van der Waals surface area contributed by atoms with Crippen LogP contribution < -0.4 is 21.6 Å². The monoisotopic (exact) mass is 672 g/mol. The van der Waals surface area contributed by atoms with Crippen LogP contribution in [0.5, 0.6) is 0 Å². The summed E-state index contributed by atoms with van der Waals surface area (Å²) in [6, 6.07) is 12.5. The summed E-state index contributed by atoms with van der Waals surface area (Å²) in [5.74, 6) is 1.18. The number of fused-ring (bicyclic) bond motifs is 2. The Bertz CT molecular complexity index is 1720. The summed E-state index contributed by atoms with van der Waals surface area (Å²) < 4.78 is 4.68. The molecule has 12 nitrogen and oxygen atoms in total. The van der Waals surface area contributed by atoms with Crippen LogP contribution in [0.25, 0.3) is 34.2 Å². The van der Waals surface area contributed by atoms with Crippen molar-refractivity contribution in [3.05, 3.63) is 71.3 Å². The molecule has 2 aromatic carbocycles. The molecular formula is C37H52N8O4. The predicted molar refractivity (Wildman–Crippen MR) is 194 cm³/mol. The van der Waals surface area contributed by atoms with Gasteiger partial charge < -0.3 is 19.8 Å². The van der Waals surface area contributed by atoms with Gasteiger partial charge in [-0.3, -0.25) is 20.0 Å². The molecular weight excluding hydrogens is 620 g/mol. The molecule has 3 heterocycles. The van der Waals surface area contributed by atoms with Crippen molar-refractivity contribution in [2.45, 2.75) is 84.7 Å². The van der Waals surface area contributed by atoms with E-state index in [0.717, 1.165) is 116 Å². The molecule has 264 valence electrons. The molecule has 2 amide bonds. The zero-order valence-corrected chi connectivity index (χ0v) is 29.0. The number of hydrogen-bond donors (Lipinski definition) is 6. The van der Waals surface area contributed by atoms with Gasteiger partial charge in [0.05, 0.1) is 22.1 Å². The van der Waals surface area contributed by atoms with Gasteiger partial charge in [-0.2, -0.15) is 0 Å². The number of hydrogen-bond acceptors (Lipinski definition) is 8. The quantitative estimate of drug-likeness (QED) is 0.0404. The molecule has 1 aliphatic heterocycles. The number of imidazole rings is 2. The smallest absolute Gasteiger partial charge is 0.267 e. The largest absolute Gasteiger partial charge is 0.327 e. The van der Waals surface area contributed by atoms with Crippen LogP contribution in [0.1, 0.15) is 88.1 Å². The average molecular weight is 673 g/mol. The fourth-order valence-electron chi connectivity index (χ4n) is 6.11. The fourth-order valence-corrected chi connectivity index (χ4v) is 6.11. The number of nitrogens with one attached hydrogen (secondary N) is 4. The Hall–Kier alpha value is -4.36. The molecule has 4 aromatic rings. The lowest BCUT2D eigenvalue weighted by molar-refractivity contribution is -0.124. The van der Waals surface area contributed by atoms with Gasteiger partial charge >= 0.3 is 0 Å². The van der Waals surface area contributed by atoms with E-state index in [1.54, 1.807) is 23.1 Å². The second-order valence-corrected chi connectivity index (χ2v) is 12.3. The van der Waals surface area contributed by atoms with Crippen LogP contribution in [0.15, 0.2) is 48.6 Å². The molecule has 0 spiro atoms. The first-order valence-corrected chi connectivity index (χ1v) is 17.6. The van der Waals surface area contributed by atoms with Crippen molar-refractivity contribution in [3.63, 3.8) is 0 Å². The van der Waals surface area contributed by atoms with Crippen molar-refractivity contribution in [1.29, 1.82) is 0 Å². The minimum atomic E-state index is -0.545. The van der Waals surface area contributed by atoms with Gasteiger partial charge in [0.15, 0.2) is 0 Å². The standard InChI is InChI=1S/C19H28N4O2.C18H24N4O2/c1-3-5-6-7-18-21-16-14-15(9-11-19(24)22-25)8-10-17(16)23(18)13-12-20-4-2;1-2-3-4-17-20-15-11-13(6-8-18(23)21-24)5-7-16(15)22(17)14-9-10-19-12-14/h8-11,14,20,25H,3-7,12-13H2,1-2H3,(H,22,24);5-8,11,14,19,24H,2-4,9-10,12H2,1H3,(H,21,23)/b11-9+;8-6+. The zero-order valence-electron chi connectivity index (χ0n) is 29.0. The summed E-state index contributed by atoms with van der Waals surface area (Å²) in [6.45, 7) is 11.3. The molecule has 6 N–H and O–H groups in total. The maximum atomic E-state index is 11.1. The minimum absolute atomic E-state index is 0.461. The Kier molecular flexibility index (Phi) is 15.0. The van der Waals surface area contributed by atoms with Crippen LogP contribution >= 0.6 is 0 Å². The molecule has 0 saturated carbocycles. The average Bonchev–Trinajstić information content (AvgIpc) is 3.86.